The molecule has 1 N–H and O–H groups in total. The van der Waals surface area contributed by atoms with Crippen LogP contribution in [0.15, 0.2) is 35.7 Å². The van der Waals surface area contributed by atoms with Crippen LogP contribution in [0.3, 0.4) is 0 Å². The number of carbonyl (C=O) groups excluding carboxylic acids is 1. The third-order valence-electron chi connectivity index (χ3n) is 4.15. The Bertz CT molecular complexity index is 696. The molecule has 0 bridgehead atoms. The summed E-state index contributed by atoms with van der Waals surface area (Å²) in [5.74, 6) is -0.205. The Labute approximate surface area is 133 Å². The normalized spacial score (nSPS) is 16.7. The minimum absolute atomic E-state index is 0.205. The Morgan fingerprint density at radius 3 is 2.64 bits per heavy atom. The molecule has 0 atom stereocenters. The average molecular weight is 311 g/mol. The summed E-state index contributed by atoms with van der Waals surface area (Å²) in [7, 11) is 0. The Morgan fingerprint density at radius 2 is 1.95 bits per heavy atom. The molecule has 22 heavy (non-hydrogen) atoms. The van der Waals surface area contributed by atoms with Crippen molar-refractivity contribution in [2.24, 2.45) is 5.41 Å². The van der Waals surface area contributed by atoms with E-state index >= 15 is 0 Å². The van der Waals surface area contributed by atoms with Gasteiger partial charge in [-0.15, -0.1) is 11.3 Å². The van der Waals surface area contributed by atoms with Gasteiger partial charge in [-0.05, 0) is 12.8 Å². The van der Waals surface area contributed by atoms with Gasteiger partial charge in [0, 0.05) is 10.9 Å². The van der Waals surface area contributed by atoms with E-state index in [9.17, 15) is 10.1 Å². The lowest BCUT2D eigenvalue weighted by molar-refractivity contribution is -0.124. The lowest BCUT2D eigenvalue weighted by Gasteiger charge is -2.28. The maximum Gasteiger partial charge on any atom is 0.246 e. The van der Waals surface area contributed by atoms with Crippen molar-refractivity contribution < 1.29 is 4.79 Å². The molecule has 0 saturated heterocycles. The van der Waals surface area contributed by atoms with Gasteiger partial charge in [-0.1, -0.05) is 49.6 Å². The first-order valence-corrected chi connectivity index (χ1v) is 8.35. The zero-order valence-electron chi connectivity index (χ0n) is 12.2. The molecule has 1 aliphatic carbocycles. The van der Waals surface area contributed by atoms with E-state index in [2.05, 4.69) is 16.4 Å². The fourth-order valence-electron chi connectivity index (χ4n) is 2.83. The maximum absolute atomic E-state index is 12.5. The highest BCUT2D eigenvalue weighted by Crippen LogP contribution is 2.37. The number of hydrogen-bond donors (Lipinski definition) is 1. The molecule has 0 radical (unpaired) electrons. The van der Waals surface area contributed by atoms with Gasteiger partial charge in [0.1, 0.15) is 5.41 Å². The molecular weight excluding hydrogens is 294 g/mol. The second-order valence-corrected chi connectivity index (χ2v) is 6.47. The van der Waals surface area contributed by atoms with Crippen LogP contribution in [-0.4, -0.2) is 10.9 Å². The molecule has 1 heterocycles. The second kappa shape index (κ2) is 6.29. The molecule has 1 aromatic heterocycles. The van der Waals surface area contributed by atoms with Gasteiger partial charge in [0.2, 0.25) is 5.91 Å². The Morgan fingerprint density at radius 1 is 1.23 bits per heavy atom. The minimum Gasteiger partial charge on any atom is -0.301 e. The number of thiazole rings is 1. The summed E-state index contributed by atoms with van der Waals surface area (Å²) >= 11 is 1.39. The van der Waals surface area contributed by atoms with E-state index in [4.69, 9.17) is 0 Å². The Kier molecular flexibility index (Phi) is 4.21. The number of rotatable bonds is 3. The lowest BCUT2D eigenvalue weighted by Crippen LogP contribution is -2.36. The van der Waals surface area contributed by atoms with E-state index in [-0.39, 0.29) is 5.91 Å². The first-order valence-electron chi connectivity index (χ1n) is 7.47. The molecule has 0 spiro atoms. The second-order valence-electron chi connectivity index (χ2n) is 5.61. The molecule has 112 valence electrons. The Hall–Kier alpha value is -2.19. The largest absolute Gasteiger partial charge is 0.301 e. The first-order chi connectivity index (χ1) is 10.7. The number of aromatic nitrogens is 1. The van der Waals surface area contributed by atoms with Gasteiger partial charge in [-0.25, -0.2) is 4.98 Å². The molecule has 0 unspecified atom stereocenters. The summed E-state index contributed by atoms with van der Waals surface area (Å²) in [5, 5.41) is 14.8. The van der Waals surface area contributed by atoms with Crippen molar-refractivity contribution in [1.82, 2.24) is 4.98 Å². The predicted octanol–water partition coefficient (Wildman–Crippen LogP) is 4.22. The number of amides is 1. The highest BCUT2D eigenvalue weighted by molar-refractivity contribution is 7.14. The molecule has 3 rings (SSSR count). The van der Waals surface area contributed by atoms with Gasteiger partial charge in [-0.2, -0.15) is 5.26 Å². The van der Waals surface area contributed by atoms with Crippen molar-refractivity contribution in [2.45, 2.75) is 32.1 Å². The zero-order valence-corrected chi connectivity index (χ0v) is 13.0. The molecule has 1 amide bonds. The topological polar surface area (TPSA) is 65.8 Å². The van der Waals surface area contributed by atoms with Crippen LogP contribution in [0.2, 0.25) is 0 Å². The smallest absolute Gasteiger partial charge is 0.246 e. The van der Waals surface area contributed by atoms with Gasteiger partial charge in [0.05, 0.1) is 11.8 Å². The van der Waals surface area contributed by atoms with Gasteiger partial charge < -0.3 is 5.32 Å². The molecule has 4 nitrogen and oxygen atoms in total. The summed E-state index contributed by atoms with van der Waals surface area (Å²) in [6.45, 7) is 0. The van der Waals surface area contributed by atoms with Crippen molar-refractivity contribution in [3.63, 3.8) is 0 Å². The standard InChI is InChI=1S/C17H17N3OS/c18-12-17(9-5-2-6-10-17)15(21)20-16-19-14(11-22-16)13-7-3-1-4-8-13/h1,3-4,7-8,11H,2,5-6,9-10H2,(H,19,20,21). The van der Waals surface area contributed by atoms with Gasteiger partial charge in [-0.3, -0.25) is 4.79 Å². The third kappa shape index (κ3) is 2.88. The van der Waals surface area contributed by atoms with E-state index in [1.54, 1.807) is 0 Å². The Balaban J connectivity index is 1.75. The highest BCUT2D eigenvalue weighted by Gasteiger charge is 2.40. The molecule has 1 fully saturated rings. The molecule has 5 heteroatoms. The summed E-state index contributed by atoms with van der Waals surface area (Å²) in [6.07, 6.45) is 4.27. The van der Waals surface area contributed by atoms with E-state index in [1.165, 1.54) is 11.3 Å². The number of nitriles is 1. The van der Waals surface area contributed by atoms with Crippen LogP contribution in [0, 0.1) is 16.7 Å². The molecule has 1 saturated carbocycles. The number of anilines is 1. The molecule has 1 aliphatic rings. The van der Waals surface area contributed by atoms with Crippen LogP contribution in [0.4, 0.5) is 5.13 Å². The predicted molar refractivity (Wildman–Crippen MR) is 87.3 cm³/mol. The van der Waals surface area contributed by atoms with Crippen molar-refractivity contribution in [1.29, 1.82) is 5.26 Å². The molecule has 2 aromatic rings. The molecule has 0 aliphatic heterocycles. The van der Waals surface area contributed by atoms with Gasteiger partial charge >= 0.3 is 0 Å². The highest BCUT2D eigenvalue weighted by atomic mass is 32.1. The van der Waals surface area contributed by atoms with E-state index in [0.29, 0.717) is 18.0 Å². The molecular formula is C17H17N3OS. The lowest BCUT2D eigenvalue weighted by atomic mass is 9.74. The number of hydrogen-bond acceptors (Lipinski definition) is 4. The van der Waals surface area contributed by atoms with Crippen molar-refractivity contribution in [3.8, 4) is 17.3 Å². The first kappa shape index (κ1) is 14.7. The van der Waals surface area contributed by atoms with Crippen molar-refractivity contribution in [2.75, 3.05) is 5.32 Å². The third-order valence-corrected chi connectivity index (χ3v) is 4.91. The van der Waals surface area contributed by atoms with E-state index < -0.39 is 5.41 Å². The number of nitrogens with zero attached hydrogens (tertiary/aromatic N) is 2. The van der Waals surface area contributed by atoms with Crippen molar-refractivity contribution >= 4 is 22.4 Å². The summed E-state index contributed by atoms with van der Waals surface area (Å²) in [6, 6.07) is 12.1. The van der Waals surface area contributed by atoms with Crippen LogP contribution in [0.5, 0.6) is 0 Å². The minimum atomic E-state index is -0.878. The zero-order chi connectivity index (χ0) is 15.4. The monoisotopic (exact) mass is 311 g/mol. The quantitative estimate of drug-likeness (QED) is 0.922. The van der Waals surface area contributed by atoms with Crippen molar-refractivity contribution in [3.05, 3.63) is 35.7 Å². The van der Waals surface area contributed by atoms with Crippen LogP contribution in [0.1, 0.15) is 32.1 Å². The van der Waals surface area contributed by atoms with E-state index in [0.717, 1.165) is 30.5 Å². The van der Waals surface area contributed by atoms with Gasteiger partial charge in [0.25, 0.3) is 0 Å². The SMILES string of the molecule is N#CC1(C(=O)Nc2nc(-c3ccccc3)cs2)CCCCC1. The van der Waals surface area contributed by atoms with Gasteiger partial charge in [0.15, 0.2) is 5.13 Å². The van der Waals surface area contributed by atoms with Crippen LogP contribution in [-0.2, 0) is 4.79 Å². The summed E-state index contributed by atoms with van der Waals surface area (Å²) < 4.78 is 0. The number of carbonyl (C=O) groups is 1. The summed E-state index contributed by atoms with van der Waals surface area (Å²) in [5.41, 5.74) is 0.985. The average Bonchev–Trinajstić information content (AvgIpc) is 3.05. The van der Waals surface area contributed by atoms with Crippen LogP contribution < -0.4 is 5.32 Å². The fourth-order valence-corrected chi connectivity index (χ4v) is 3.55. The molecule has 1 aromatic carbocycles. The van der Waals surface area contributed by atoms with Crippen LogP contribution in [0.25, 0.3) is 11.3 Å². The summed E-state index contributed by atoms with van der Waals surface area (Å²) in [4.78, 5) is 17.0. The van der Waals surface area contributed by atoms with Crippen LogP contribution >= 0.6 is 11.3 Å². The fraction of sp³-hybridized carbons (Fsp3) is 0.353. The number of nitrogens with one attached hydrogen (secondary N) is 1. The van der Waals surface area contributed by atoms with E-state index in [1.807, 2.05) is 35.7 Å². The maximum atomic E-state index is 12.5. The number of benzene rings is 1.